The number of nitro groups is 1. The van der Waals surface area contributed by atoms with Crippen LogP contribution in [0.3, 0.4) is 0 Å². The number of nitrogens with one attached hydrogen (secondary N) is 2. The van der Waals surface area contributed by atoms with E-state index in [-0.39, 0.29) is 29.4 Å². The molecule has 2 N–H and O–H groups in total. The lowest BCUT2D eigenvalue weighted by Gasteiger charge is -2.35. The van der Waals surface area contributed by atoms with Crippen LogP contribution < -0.4 is 10.6 Å². The second-order valence-electron chi connectivity index (χ2n) is 6.36. The number of benzene rings is 1. The van der Waals surface area contributed by atoms with Crippen molar-refractivity contribution in [3.8, 4) is 0 Å². The minimum atomic E-state index is -0.503. The van der Waals surface area contributed by atoms with Crippen LogP contribution in [0.5, 0.6) is 0 Å². The molecular formula is C17H26N4O4. The van der Waals surface area contributed by atoms with E-state index in [9.17, 15) is 14.9 Å². The van der Waals surface area contributed by atoms with Gasteiger partial charge >= 0.3 is 0 Å². The van der Waals surface area contributed by atoms with Gasteiger partial charge in [-0.2, -0.15) is 0 Å². The van der Waals surface area contributed by atoms with Crippen LogP contribution in [0.15, 0.2) is 18.2 Å². The zero-order valence-electron chi connectivity index (χ0n) is 14.9. The van der Waals surface area contributed by atoms with Crippen molar-refractivity contribution in [3.05, 3.63) is 33.9 Å². The molecule has 0 radical (unpaired) electrons. The fourth-order valence-electron chi connectivity index (χ4n) is 3.12. The van der Waals surface area contributed by atoms with E-state index in [2.05, 4.69) is 29.4 Å². The van der Waals surface area contributed by atoms with Gasteiger partial charge in [0.1, 0.15) is 0 Å². The van der Waals surface area contributed by atoms with Crippen LogP contribution in [-0.4, -0.2) is 61.2 Å². The van der Waals surface area contributed by atoms with E-state index < -0.39 is 4.92 Å². The number of ether oxygens (including phenoxy) is 1. The molecule has 1 aromatic rings. The van der Waals surface area contributed by atoms with Crippen molar-refractivity contribution in [2.45, 2.75) is 32.5 Å². The lowest BCUT2D eigenvalue weighted by atomic mass is 10.1. The van der Waals surface area contributed by atoms with Crippen molar-refractivity contribution in [1.82, 2.24) is 10.2 Å². The van der Waals surface area contributed by atoms with Gasteiger partial charge in [-0.15, -0.1) is 0 Å². The second-order valence-corrected chi connectivity index (χ2v) is 6.36. The number of amides is 1. The van der Waals surface area contributed by atoms with Gasteiger partial charge in [-0.25, -0.2) is 0 Å². The summed E-state index contributed by atoms with van der Waals surface area (Å²) in [6.45, 7) is 7.31. The van der Waals surface area contributed by atoms with Gasteiger partial charge in [-0.1, -0.05) is 0 Å². The minimum Gasteiger partial charge on any atom is -0.387 e. The summed E-state index contributed by atoms with van der Waals surface area (Å²) in [5.74, 6) is -0.309. The highest BCUT2D eigenvalue weighted by molar-refractivity contribution is 6.00. The fraction of sp³-hybridized carbons (Fsp3) is 0.588. The maximum Gasteiger partial charge on any atom is 0.270 e. The summed E-state index contributed by atoms with van der Waals surface area (Å²) in [7, 11) is 1.68. The highest BCUT2D eigenvalue weighted by atomic mass is 16.6. The first-order valence-electron chi connectivity index (χ1n) is 8.53. The molecule has 2 rings (SSSR count). The number of hydrogen-bond acceptors (Lipinski definition) is 6. The lowest BCUT2D eigenvalue weighted by Crippen LogP contribution is -2.46. The summed E-state index contributed by atoms with van der Waals surface area (Å²) in [4.78, 5) is 25.1. The first-order chi connectivity index (χ1) is 11.9. The fourth-order valence-corrected chi connectivity index (χ4v) is 3.12. The number of rotatable bonds is 7. The smallest absolute Gasteiger partial charge is 0.270 e. The average Bonchev–Trinajstić information content (AvgIpc) is 2.57. The van der Waals surface area contributed by atoms with Gasteiger partial charge in [0.15, 0.2) is 0 Å². The van der Waals surface area contributed by atoms with E-state index in [1.54, 1.807) is 13.1 Å². The number of non-ortho nitro benzene ring substituents is 1. The number of carbonyl (C=O) groups is 1. The number of nitrogens with zero attached hydrogens (tertiary/aromatic N) is 2. The Hall–Kier alpha value is -2.19. The second kappa shape index (κ2) is 8.77. The molecule has 138 valence electrons. The van der Waals surface area contributed by atoms with E-state index in [0.717, 1.165) is 26.1 Å². The van der Waals surface area contributed by atoms with Crippen LogP contribution in [0.25, 0.3) is 0 Å². The summed E-state index contributed by atoms with van der Waals surface area (Å²) in [6, 6.07) is 4.22. The molecule has 25 heavy (non-hydrogen) atoms. The predicted molar refractivity (Wildman–Crippen MR) is 96.0 cm³/mol. The standard InChI is InChI=1S/C17H26N4O4/c1-12-10-20(11-13(2)25-12)8-4-7-19-17(22)15-9-14(21(23)24)5-6-16(15)18-3/h5-6,9,12-13,18H,4,7-8,10-11H2,1-3H3,(H,19,22). The molecule has 2 atom stereocenters. The Bertz CT molecular complexity index is 613. The molecule has 2 unspecified atom stereocenters. The van der Waals surface area contributed by atoms with Crippen molar-refractivity contribution < 1.29 is 14.5 Å². The molecule has 1 aromatic carbocycles. The first-order valence-corrected chi connectivity index (χ1v) is 8.53. The molecule has 0 spiro atoms. The number of carbonyl (C=O) groups excluding carboxylic acids is 1. The Morgan fingerprint density at radius 1 is 1.36 bits per heavy atom. The number of anilines is 1. The van der Waals surface area contributed by atoms with Crippen molar-refractivity contribution in [3.63, 3.8) is 0 Å². The van der Waals surface area contributed by atoms with Crippen LogP contribution in [0.2, 0.25) is 0 Å². The quantitative estimate of drug-likeness (QED) is 0.443. The Kier molecular flexibility index (Phi) is 6.72. The summed E-state index contributed by atoms with van der Waals surface area (Å²) in [5.41, 5.74) is 0.754. The topological polar surface area (TPSA) is 96.7 Å². The lowest BCUT2D eigenvalue weighted by molar-refractivity contribution is -0.384. The molecule has 0 aromatic heterocycles. The molecular weight excluding hydrogens is 324 g/mol. The highest BCUT2D eigenvalue weighted by Crippen LogP contribution is 2.21. The van der Waals surface area contributed by atoms with Crippen LogP contribution in [0.4, 0.5) is 11.4 Å². The minimum absolute atomic E-state index is 0.0968. The molecule has 8 nitrogen and oxygen atoms in total. The Morgan fingerprint density at radius 2 is 2.04 bits per heavy atom. The number of nitro benzene ring substituents is 1. The van der Waals surface area contributed by atoms with E-state index in [4.69, 9.17) is 4.74 Å². The molecule has 1 fully saturated rings. The van der Waals surface area contributed by atoms with Crippen LogP contribution >= 0.6 is 0 Å². The average molecular weight is 350 g/mol. The molecule has 8 heteroatoms. The predicted octanol–water partition coefficient (Wildman–Crippen LogP) is 1.87. The number of hydrogen-bond donors (Lipinski definition) is 2. The third-order valence-corrected chi connectivity index (χ3v) is 4.16. The van der Waals surface area contributed by atoms with Gasteiger partial charge < -0.3 is 15.4 Å². The third kappa shape index (κ3) is 5.40. The van der Waals surface area contributed by atoms with Crippen LogP contribution in [0, 0.1) is 10.1 Å². The van der Waals surface area contributed by atoms with Gasteiger partial charge in [0.2, 0.25) is 0 Å². The SMILES string of the molecule is CNc1ccc([N+](=O)[O-])cc1C(=O)NCCCN1CC(C)OC(C)C1. The maximum atomic E-state index is 12.3. The van der Waals surface area contributed by atoms with Crippen molar-refractivity contribution >= 4 is 17.3 Å². The largest absolute Gasteiger partial charge is 0.387 e. The van der Waals surface area contributed by atoms with Crippen molar-refractivity contribution in [1.29, 1.82) is 0 Å². The van der Waals surface area contributed by atoms with Gasteiger partial charge in [0.25, 0.3) is 11.6 Å². The van der Waals surface area contributed by atoms with E-state index >= 15 is 0 Å². The van der Waals surface area contributed by atoms with Crippen molar-refractivity contribution in [2.75, 3.05) is 38.5 Å². The van der Waals surface area contributed by atoms with Gasteiger partial charge in [-0.05, 0) is 26.3 Å². The first kappa shape index (κ1) is 19.1. The van der Waals surface area contributed by atoms with Crippen LogP contribution in [-0.2, 0) is 4.74 Å². The normalized spacial score (nSPS) is 20.9. The third-order valence-electron chi connectivity index (χ3n) is 4.16. The molecule has 1 aliphatic rings. The summed E-state index contributed by atoms with van der Waals surface area (Å²) in [5, 5.41) is 16.6. The Labute approximate surface area is 147 Å². The van der Waals surface area contributed by atoms with Crippen molar-refractivity contribution in [2.24, 2.45) is 0 Å². The maximum absolute atomic E-state index is 12.3. The number of morpholine rings is 1. The van der Waals surface area contributed by atoms with E-state index in [0.29, 0.717) is 12.2 Å². The van der Waals surface area contributed by atoms with Crippen LogP contribution in [0.1, 0.15) is 30.6 Å². The summed E-state index contributed by atoms with van der Waals surface area (Å²) >= 11 is 0. The summed E-state index contributed by atoms with van der Waals surface area (Å²) in [6.07, 6.45) is 1.26. The molecule has 1 saturated heterocycles. The van der Waals surface area contributed by atoms with Gasteiger partial charge in [0, 0.05) is 51.0 Å². The van der Waals surface area contributed by atoms with Gasteiger partial charge in [-0.3, -0.25) is 19.8 Å². The molecule has 1 amide bonds. The Morgan fingerprint density at radius 3 is 2.64 bits per heavy atom. The monoisotopic (exact) mass is 350 g/mol. The Balaban J connectivity index is 1.86. The van der Waals surface area contributed by atoms with E-state index in [1.807, 2.05) is 0 Å². The molecule has 1 heterocycles. The molecule has 0 bridgehead atoms. The zero-order chi connectivity index (χ0) is 18.4. The highest BCUT2D eigenvalue weighted by Gasteiger charge is 2.21. The van der Waals surface area contributed by atoms with Gasteiger partial charge in [0.05, 0.1) is 22.7 Å². The van der Waals surface area contributed by atoms with E-state index in [1.165, 1.54) is 12.1 Å². The molecule has 1 aliphatic heterocycles. The molecule has 0 saturated carbocycles. The zero-order valence-corrected chi connectivity index (χ0v) is 14.9. The summed E-state index contributed by atoms with van der Waals surface area (Å²) < 4.78 is 5.70. The molecule has 0 aliphatic carbocycles.